The van der Waals surface area contributed by atoms with Gasteiger partial charge < -0.3 is 28.4 Å². The van der Waals surface area contributed by atoms with Crippen LogP contribution in [0, 0.1) is 6.92 Å². The molecule has 0 fully saturated rings. The Bertz CT molecular complexity index is 2140. The van der Waals surface area contributed by atoms with Gasteiger partial charge in [0.05, 0.1) is 53.8 Å². The molecule has 262 valence electrons. The fourth-order valence-corrected chi connectivity index (χ4v) is 7.08. The summed E-state index contributed by atoms with van der Waals surface area (Å²) in [5, 5.41) is 0. The zero-order valence-corrected chi connectivity index (χ0v) is 30.9. The number of hydrogen-bond acceptors (Lipinski definition) is 11. The summed E-state index contributed by atoms with van der Waals surface area (Å²) >= 11 is 4.82. The van der Waals surface area contributed by atoms with Gasteiger partial charge in [-0.15, -0.1) is 0 Å². The van der Waals surface area contributed by atoms with Crippen LogP contribution in [0.1, 0.15) is 49.1 Å². The largest absolute Gasteiger partial charge is 0.493 e. The van der Waals surface area contributed by atoms with E-state index in [1.54, 1.807) is 51.3 Å². The van der Waals surface area contributed by atoms with Gasteiger partial charge in [0.15, 0.2) is 34.4 Å². The highest BCUT2D eigenvalue weighted by atomic mass is 79.9. The standard InChI is InChI=1S/C37H37BrN2O9S/c1-7-46-28-18-25(12-13-27(28)48-20-31(41)45-6)33-32(36(43)47-8-2)22(4)39-37-40(33)35(42)30(50-37)17-24-15-26(38)34(29(16-24)44-5)49-19-23-11-9-10-21(3)14-23/h9-18,33H,7-8,19-20H2,1-6H3/b30-17-/t33-/m1/s1. The molecule has 5 rings (SSSR count). The Balaban J connectivity index is 1.58. The van der Waals surface area contributed by atoms with Crippen LogP contribution in [0.4, 0.5) is 0 Å². The van der Waals surface area contributed by atoms with Crippen LogP contribution < -0.4 is 33.8 Å². The Morgan fingerprint density at radius 3 is 2.46 bits per heavy atom. The van der Waals surface area contributed by atoms with Gasteiger partial charge in [-0.3, -0.25) is 9.36 Å². The Labute approximate surface area is 301 Å². The summed E-state index contributed by atoms with van der Waals surface area (Å²) < 4.78 is 36.0. The van der Waals surface area contributed by atoms with Crippen molar-refractivity contribution in [3.8, 4) is 23.0 Å². The van der Waals surface area contributed by atoms with Gasteiger partial charge in [0, 0.05) is 0 Å². The average Bonchev–Trinajstić information content (AvgIpc) is 3.39. The van der Waals surface area contributed by atoms with Gasteiger partial charge >= 0.3 is 11.9 Å². The maximum atomic E-state index is 14.2. The molecule has 0 amide bonds. The molecule has 2 heterocycles. The lowest BCUT2D eigenvalue weighted by molar-refractivity contribution is -0.143. The van der Waals surface area contributed by atoms with Gasteiger partial charge in [-0.25, -0.2) is 14.6 Å². The molecule has 0 spiro atoms. The molecule has 11 nitrogen and oxygen atoms in total. The lowest BCUT2D eigenvalue weighted by Gasteiger charge is -2.25. The smallest absolute Gasteiger partial charge is 0.343 e. The summed E-state index contributed by atoms with van der Waals surface area (Å²) in [5.41, 5.74) is 3.69. The van der Waals surface area contributed by atoms with Crippen LogP contribution in [0.5, 0.6) is 23.0 Å². The van der Waals surface area contributed by atoms with Gasteiger partial charge in [-0.2, -0.15) is 0 Å². The van der Waals surface area contributed by atoms with E-state index in [1.165, 1.54) is 23.0 Å². The van der Waals surface area contributed by atoms with Crippen molar-refractivity contribution in [1.82, 2.24) is 4.57 Å². The first-order valence-corrected chi connectivity index (χ1v) is 17.4. The Hall–Kier alpha value is -4.88. The number of thiazole rings is 1. The molecule has 1 aliphatic rings. The molecule has 0 saturated carbocycles. The molecule has 0 aliphatic carbocycles. The molecule has 0 unspecified atom stereocenters. The molecule has 1 aromatic heterocycles. The van der Waals surface area contributed by atoms with Crippen molar-refractivity contribution in [2.45, 2.75) is 40.3 Å². The molecule has 3 aromatic carbocycles. The van der Waals surface area contributed by atoms with Gasteiger partial charge in [-0.05, 0) is 90.7 Å². The maximum Gasteiger partial charge on any atom is 0.343 e. The summed E-state index contributed by atoms with van der Waals surface area (Å²) in [6.07, 6.45) is 1.75. The summed E-state index contributed by atoms with van der Waals surface area (Å²) in [6.45, 7) is 7.73. The quantitative estimate of drug-likeness (QED) is 0.165. The van der Waals surface area contributed by atoms with E-state index in [4.69, 9.17) is 28.4 Å². The first-order valence-electron chi connectivity index (χ1n) is 15.8. The minimum atomic E-state index is -0.889. The lowest BCUT2D eigenvalue weighted by atomic mass is 9.95. The van der Waals surface area contributed by atoms with Crippen molar-refractivity contribution in [3.63, 3.8) is 0 Å². The molecule has 0 radical (unpaired) electrons. The Kier molecular flexibility index (Phi) is 11.8. The van der Waals surface area contributed by atoms with Crippen LogP contribution in [0.3, 0.4) is 0 Å². The highest BCUT2D eigenvalue weighted by molar-refractivity contribution is 9.10. The topological polar surface area (TPSA) is 124 Å². The third-order valence-corrected chi connectivity index (χ3v) is 9.26. The van der Waals surface area contributed by atoms with Crippen molar-refractivity contribution >= 4 is 45.3 Å². The molecule has 4 aromatic rings. The van der Waals surface area contributed by atoms with E-state index in [0.717, 1.165) is 11.1 Å². The summed E-state index contributed by atoms with van der Waals surface area (Å²) in [6, 6.07) is 15.8. The summed E-state index contributed by atoms with van der Waals surface area (Å²) in [5.74, 6) is 0.509. The number of halogens is 1. The van der Waals surface area contributed by atoms with Gasteiger partial charge in [0.1, 0.15) is 6.61 Å². The molecular formula is C37H37BrN2O9S. The number of carbonyl (C=O) groups excluding carboxylic acids is 2. The molecule has 0 saturated heterocycles. The van der Waals surface area contributed by atoms with Crippen LogP contribution in [-0.2, 0) is 25.7 Å². The second-order valence-electron chi connectivity index (χ2n) is 11.1. The van der Waals surface area contributed by atoms with E-state index in [1.807, 2.05) is 38.1 Å². The minimum absolute atomic E-state index is 0.138. The number of hydrogen-bond donors (Lipinski definition) is 0. The fourth-order valence-electron chi connectivity index (χ4n) is 5.46. The lowest BCUT2D eigenvalue weighted by Crippen LogP contribution is -2.40. The third-order valence-electron chi connectivity index (χ3n) is 7.69. The van der Waals surface area contributed by atoms with Crippen molar-refractivity contribution in [2.75, 3.05) is 34.0 Å². The first-order chi connectivity index (χ1) is 24.1. The number of aryl methyl sites for hydroxylation is 1. The van der Waals surface area contributed by atoms with Crippen molar-refractivity contribution in [3.05, 3.63) is 112 Å². The zero-order chi connectivity index (χ0) is 35.9. The van der Waals surface area contributed by atoms with Crippen molar-refractivity contribution < 1.29 is 38.0 Å². The summed E-state index contributed by atoms with van der Waals surface area (Å²) in [7, 11) is 2.83. The van der Waals surface area contributed by atoms with Crippen LogP contribution >= 0.6 is 27.3 Å². The van der Waals surface area contributed by atoms with E-state index in [-0.39, 0.29) is 24.3 Å². The fraction of sp³-hybridized carbons (Fsp3) is 0.297. The number of ether oxygens (including phenoxy) is 6. The Morgan fingerprint density at radius 1 is 0.960 bits per heavy atom. The second-order valence-corrected chi connectivity index (χ2v) is 13.0. The Morgan fingerprint density at radius 2 is 1.76 bits per heavy atom. The second kappa shape index (κ2) is 16.2. The highest BCUT2D eigenvalue weighted by Crippen LogP contribution is 2.38. The number of carbonyl (C=O) groups is 2. The molecule has 50 heavy (non-hydrogen) atoms. The average molecular weight is 766 g/mol. The van der Waals surface area contributed by atoms with E-state index < -0.39 is 18.0 Å². The predicted molar refractivity (Wildman–Crippen MR) is 192 cm³/mol. The van der Waals surface area contributed by atoms with E-state index in [0.29, 0.717) is 66.8 Å². The zero-order valence-electron chi connectivity index (χ0n) is 28.5. The minimum Gasteiger partial charge on any atom is -0.493 e. The number of fused-ring (bicyclic) bond motifs is 1. The van der Waals surface area contributed by atoms with Crippen LogP contribution in [-0.4, -0.2) is 50.5 Å². The van der Waals surface area contributed by atoms with E-state index in [2.05, 4.69) is 27.0 Å². The van der Waals surface area contributed by atoms with Crippen LogP contribution in [0.2, 0.25) is 0 Å². The number of aromatic nitrogens is 1. The number of methoxy groups -OCH3 is 2. The van der Waals surface area contributed by atoms with E-state index >= 15 is 0 Å². The predicted octanol–water partition coefficient (Wildman–Crippen LogP) is 5.41. The normalized spacial score (nSPS) is 14.1. The maximum absolute atomic E-state index is 14.2. The number of nitrogens with zero attached hydrogens (tertiary/aromatic N) is 2. The van der Waals surface area contributed by atoms with Gasteiger partial charge in [-0.1, -0.05) is 47.2 Å². The number of esters is 2. The molecule has 0 bridgehead atoms. The molecule has 1 atom stereocenters. The molecular weight excluding hydrogens is 728 g/mol. The number of rotatable bonds is 13. The highest BCUT2D eigenvalue weighted by Gasteiger charge is 2.34. The SMILES string of the molecule is CCOC(=O)C1=C(C)N=c2s/c(=C\c3cc(Br)c(OCc4cccc(C)c4)c(OC)c3)c(=O)n2[C@@H]1c1ccc(OCC(=O)OC)c(OCC)c1. The first kappa shape index (κ1) is 36.4. The number of allylic oxidation sites excluding steroid dienone is 1. The van der Waals surface area contributed by atoms with E-state index in [9.17, 15) is 14.4 Å². The van der Waals surface area contributed by atoms with Gasteiger partial charge in [0.25, 0.3) is 5.56 Å². The molecule has 0 N–H and O–H groups in total. The van der Waals surface area contributed by atoms with Crippen molar-refractivity contribution in [2.24, 2.45) is 4.99 Å². The van der Waals surface area contributed by atoms with Crippen molar-refractivity contribution in [1.29, 1.82) is 0 Å². The molecule has 13 heteroatoms. The summed E-state index contributed by atoms with van der Waals surface area (Å²) in [4.78, 5) is 44.5. The number of benzene rings is 3. The monoisotopic (exact) mass is 764 g/mol. The molecule has 1 aliphatic heterocycles. The third kappa shape index (κ3) is 7.95. The van der Waals surface area contributed by atoms with Gasteiger partial charge in [0.2, 0.25) is 0 Å². The van der Waals surface area contributed by atoms with Crippen LogP contribution in [0.25, 0.3) is 6.08 Å². The van der Waals surface area contributed by atoms with Crippen LogP contribution in [0.15, 0.2) is 80.1 Å².